The van der Waals surface area contributed by atoms with Crippen molar-refractivity contribution in [3.63, 3.8) is 0 Å². The first-order valence-electron chi connectivity index (χ1n) is 9.64. The summed E-state index contributed by atoms with van der Waals surface area (Å²) in [6.45, 7) is 0. The first kappa shape index (κ1) is 17.3. The largest absolute Gasteiger partial charge is 0.284 e. The summed E-state index contributed by atoms with van der Waals surface area (Å²) in [6, 6.07) is 2.84. The smallest absolute Gasteiger partial charge is 0.267 e. The van der Waals surface area contributed by atoms with E-state index in [0.717, 1.165) is 28.5 Å². The molecular formula is C20H26N2OS2. The van der Waals surface area contributed by atoms with Gasteiger partial charge in [0.2, 0.25) is 0 Å². The first-order valence-corrected chi connectivity index (χ1v) is 11.4. The standard InChI is InChI=1S/C20H26N2OS2/c23-19-18(13-15-11-12-24-14-15)25-20(21-16-7-3-1-4-8-16)22(19)17-9-5-2-6-10-17/h11-14,16-17H,1-10H2. The Kier molecular flexibility index (Phi) is 5.61. The van der Waals surface area contributed by atoms with Crippen molar-refractivity contribution in [2.45, 2.75) is 76.3 Å². The second-order valence-electron chi connectivity index (χ2n) is 7.34. The van der Waals surface area contributed by atoms with Crippen molar-refractivity contribution in [3.8, 4) is 0 Å². The maximum atomic E-state index is 13.1. The number of thioether (sulfide) groups is 1. The lowest BCUT2D eigenvalue weighted by atomic mass is 9.94. The molecule has 25 heavy (non-hydrogen) atoms. The number of rotatable bonds is 3. The van der Waals surface area contributed by atoms with Gasteiger partial charge in [-0.15, -0.1) is 0 Å². The average Bonchev–Trinajstić information content (AvgIpc) is 3.26. The zero-order valence-electron chi connectivity index (χ0n) is 14.7. The Morgan fingerprint density at radius 3 is 2.44 bits per heavy atom. The SMILES string of the molecule is O=C1C(=Cc2ccsc2)SC(=NC2CCCCC2)N1C1CCCCC1. The van der Waals surface area contributed by atoms with Crippen LogP contribution in [0.25, 0.3) is 6.08 Å². The first-order chi connectivity index (χ1) is 12.3. The molecular weight excluding hydrogens is 348 g/mol. The minimum Gasteiger partial charge on any atom is -0.284 e. The molecule has 0 radical (unpaired) electrons. The molecule has 1 aromatic heterocycles. The molecule has 0 unspecified atom stereocenters. The molecule has 0 atom stereocenters. The number of carbonyl (C=O) groups is 1. The molecule has 0 N–H and O–H groups in total. The van der Waals surface area contributed by atoms with Crippen LogP contribution in [0.1, 0.15) is 69.8 Å². The second-order valence-corrected chi connectivity index (χ2v) is 9.13. The topological polar surface area (TPSA) is 32.7 Å². The van der Waals surface area contributed by atoms with Crippen LogP contribution in [-0.4, -0.2) is 28.1 Å². The monoisotopic (exact) mass is 374 g/mol. The quantitative estimate of drug-likeness (QED) is 0.637. The van der Waals surface area contributed by atoms with E-state index in [9.17, 15) is 4.79 Å². The second kappa shape index (κ2) is 8.09. The third-order valence-electron chi connectivity index (χ3n) is 5.49. The summed E-state index contributed by atoms with van der Waals surface area (Å²) in [5, 5.41) is 5.14. The molecule has 1 aromatic rings. The summed E-state index contributed by atoms with van der Waals surface area (Å²) in [4.78, 5) is 21.1. The number of amidine groups is 1. The summed E-state index contributed by atoms with van der Waals surface area (Å²) in [5.41, 5.74) is 1.13. The fraction of sp³-hybridized carbons (Fsp3) is 0.600. The Hall–Kier alpha value is -1.07. The number of hydrogen-bond acceptors (Lipinski definition) is 4. The highest BCUT2D eigenvalue weighted by molar-refractivity contribution is 8.18. The third-order valence-corrected chi connectivity index (χ3v) is 7.18. The molecule has 134 valence electrons. The zero-order valence-corrected chi connectivity index (χ0v) is 16.3. The Labute approximate surface area is 158 Å². The molecule has 1 amide bonds. The van der Waals surface area contributed by atoms with Crippen LogP contribution in [0, 0.1) is 0 Å². The lowest BCUT2D eigenvalue weighted by molar-refractivity contribution is -0.124. The Morgan fingerprint density at radius 2 is 1.76 bits per heavy atom. The van der Waals surface area contributed by atoms with Crippen LogP contribution < -0.4 is 0 Å². The van der Waals surface area contributed by atoms with Gasteiger partial charge in [-0.1, -0.05) is 38.5 Å². The van der Waals surface area contributed by atoms with Gasteiger partial charge in [0.1, 0.15) is 0 Å². The van der Waals surface area contributed by atoms with Crippen molar-refractivity contribution < 1.29 is 4.79 Å². The van der Waals surface area contributed by atoms with Gasteiger partial charge in [-0.05, 0) is 65.9 Å². The van der Waals surface area contributed by atoms with Crippen LogP contribution in [0.3, 0.4) is 0 Å². The van der Waals surface area contributed by atoms with E-state index in [4.69, 9.17) is 4.99 Å². The predicted molar refractivity (Wildman–Crippen MR) is 108 cm³/mol. The van der Waals surface area contributed by atoms with E-state index in [1.807, 2.05) is 6.08 Å². The van der Waals surface area contributed by atoms with E-state index in [2.05, 4.69) is 21.7 Å². The van der Waals surface area contributed by atoms with Crippen molar-refractivity contribution in [2.75, 3.05) is 0 Å². The fourth-order valence-electron chi connectivity index (χ4n) is 4.11. The van der Waals surface area contributed by atoms with Gasteiger partial charge in [-0.2, -0.15) is 11.3 Å². The van der Waals surface area contributed by atoms with Crippen LogP contribution in [0.2, 0.25) is 0 Å². The van der Waals surface area contributed by atoms with E-state index < -0.39 is 0 Å². The minimum atomic E-state index is 0.178. The molecule has 1 saturated heterocycles. The maximum absolute atomic E-state index is 13.1. The summed E-state index contributed by atoms with van der Waals surface area (Å²) in [7, 11) is 0. The lowest BCUT2D eigenvalue weighted by Crippen LogP contribution is -2.41. The molecule has 5 heteroatoms. The number of carbonyl (C=O) groups excluding carboxylic acids is 1. The third kappa shape index (κ3) is 4.03. The highest BCUT2D eigenvalue weighted by Gasteiger charge is 2.39. The molecule has 3 fully saturated rings. The van der Waals surface area contributed by atoms with Gasteiger partial charge >= 0.3 is 0 Å². The van der Waals surface area contributed by atoms with E-state index >= 15 is 0 Å². The van der Waals surface area contributed by atoms with Gasteiger partial charge in [0.25, 0.3) is 5.91 Å². The van der Waals surface area contributed by atoms with Gasteiger partial charge in [0.15, 0.2) is 5.17 Å². The van der Waals surface area contributed by atoms with Crippen molar-refractivity contribution in [2.24, 2.45) is 4.99 Å². The Balaban J connectivity index is 1.61. The van der Waals surface area contributed by atoms with Gasteiger partial charge in [0, 0.05) is 6.04 Å². The Bertz CT molecular complexity index is 653. The van der Waals surface area contributed by atoms with Crippen molar-refractivity contribution in [1.29, 1.82) is 0 Å². The molecule has 0 aromatic carbocycles. The average molecular weight is 375 g/mol. The Morgan fingerprint density at radius 1 is 1.04 bits per heavy atom. The maximum Gasteiger partial charge on any atom is 0.267 e. The van der Waals surface area contributed by atoms with Crippen molar-refractivity contribution in [1.82, 2.24) is 4.90 Å². The summed E-state index contributed by atoms with van der Waals surface area (Å²) in [5.74, 6) is 0.178. The zero-order chi connectivity index (χ0) is 17.1. The van der Waals surface area contributed by atoms with Crippen LogP contribution in [-0.2, 0) is 4.79 Å². The highest BCUT2D eigenvalue weighted by atomic mass is 32.2. The van der Waals surface area contributed by atoms with E-state index in [0.29, 0.717) is 12.1 Å². The van der Waals surface area contributed by atoms with Crippen molar-refractivity contribution in [3.05, 3.63) is 27.3 Å². The molecule has 2 heterocycles. The fourth-order valence-corrected chi connectivity index (χ4v) is 5.84. The van der Waals surface area contributed by atoms with Gasteiger partial charge in [0.05, 0.1) is 10.9 Å². The molecule has 3 nitrogen and oxygen atoms in total. The lowest BCUT2D eigenvalue weighted by Gasteiger charge is -2.31. The number of aliphatic imine (C=N–C) groups is 1. The molecule has 1 aliphatic heterocycles. The molecule has 0 bridgehead atoms. The van der Waals surface area contributed by atoms with E-state index in [1.54, 1.807) is 23.1 Å². The van der Waals surface area contributed by atoms with Crippen molar-refractivity contribution >= 4 is 40.2 Å². The summed E-state index contributed by atoms with van der Waals surface area (Å²) >= 11 is 3.28. The highest BCUT2D eigenvalue weighted by Crippen LogP contribution is 2.38. The number of thiophene rings is 1. The molecule has 4 rings (SSSR count). The molecule has 2 aliphatic carbocycles. The normalized spacial score (nSPS) is 26.9. The predicted octanol–water partition coefficient (Wildman–Crippen LogP) is 5.69. The number of nitrogens with zero attached hydrogens (tertiary/aromatic N) is 2. The number of amides is 1. The summed E-state index contributed by atoms with van der Waals surface area (Å²) in [6.07, 6.45) is 14.3. The van der Waals surface area contributed by atoms with E-state index in [1.165, 1.54) is 51.4 Å². The number of hydrogen-bond donors (Lipinski definition) is 0. The molecule has 2 saturated carbocycles. The van der Waals surface area contributed by atoms with Gasteiger partial charge in [-0.25, -0.2) is 0 Å². The van der Waals surface area contributed by atoms with Crippen LogP contribution in [0.15, 0.2) is 26.7 Å². The summed E-state index contributed by atoms with van der Waals surface area (Å²) < 4.78 is 0. The molecule has 3 aliphatic rings. The molecule has 0 spiro atoms. The van der Waals surface area contributed by atoms with Crippen LogP contribution in [0.5, 0.6) is 0 Å². The van der Waals surface area contributed by atoms with Gasteiger partial charge < -0.3 is 0 Å². The van der Waals surface area contributed by atoms with Gasteiger partial charge in [-0.3, -0.25) is 14.7 Å². The van der Waals surface area contributed by atoms with Crippen LogP contribution >= 0.6 is 23.1 Å². The van der Waals surface area contributed by atoms with Crippen LogP contribution in [0.4, 0.5) is 0 Å². The minimum absolute atomic E-state index is 0.178. The van der Waals surface area contributed by atoms with E-state index in [-0.39, 0.29) is 5.91 Å².